The van der Waals surface area contributed by atoms with Crippen molar-refractivity contribution >= 4 is 0 Å². The minimum absolute atomic E-state index is 0.0784. The van der Waals surface area contributed by atoms with Crippen LogP contribution in [-0.2, 0) is 0 Å². The van der Waals surface area contributed by atoms with Gasteiger partial charge in [-0.05, 0) is 18.2 Å². The van der Waals surface area contributed by atoms with Crippen LogP contribution in [0.3, 0.4) is 0 Å². The molecule has 0 atom stereocenters. The zero-order valence-corrected chi connectivity index (χ0v) is 8.41. The maximum atomic E-state index is 13.1. The first kappa shape index (κ1) is 12.1. The van der Waals surface area contributed by atoms with E-state index in [0.717, 1.165) is 6.07 Å². The Balaban J connectivity index is 2.66. The summed E-state index contributed by atoms with van der Waals surface area (Å²) in [6.45, 7) is -0.223. The van der Waals surface area contributed by atoms with Crippen LogP contribution in [0.4, 0.5) is 8.78 Å². The Bertz CT molecular complexity index is 438. The molecule has 0 aromatic heterocycles. The quantitative estimate of drug-likeness (QED) is 0.849. The topological polar surface area (TPSA) is 59.0 Å². The molecule has 3 nitrogen and oxygen atoms in total. The third-order valence-electron chi connectivity index (χ3n) is 1.78. The van der Waals surface area contributed by atoms with Gasteiger partial charge in [0.2, 0.25) is 0 Å². The number of nitrogens with zero attached hydrogens (tertiary/aromatic N) is 1. The number of ether oxygens (including phenoxy) is 1. The summed E-state index contributed by atoms with van der Waals surface area (Å²) in [6, 6.07) is 5.38. The molecule has 1 aromatic rings. The Kier molecular flexibility index (Phi) is 4.42. The highest BCUT2D eigenvalue weighted by Crippen LogP contribution is 2.16. The van der Waals surface area contributed by atoms with Gasteiger partial charge in [0, 0.05) is 12.6 Å². The Morgan fingerprint density at radius 3 is 2.88 bits per heavy atom. The van der Waals surface area contributed by atoms with Crippen LogP contribution in [0.5, 0.6) is 5.75 Å². The second kappa shape index (κ2) is 5.83. The van der Waals surface area contributed by atoms with Gasteiger partial charge in [-0.15, -0.1) is 0 Å². The van der Waals surface area contributed by atoms with Crippen LogP contribution in [0.25, 0.3) is 0 Å². The molecule has 0 fully saturated rings. The first-order valence-electron chi connectivity index (χ1n) is 4.54. The first-order chi connectivity index (χ1) is 7.67. The van der Waals surface area contributed by atoms with E-state index in [1.807, 2.05) is 0 Å². The molecule has 0 saturated heterocycles. The number of rotatable bonds is 4. The van der Waals surface area contributed by atoms with Crippen molar-refractivity contribution in [1.29, 1.82) is 5.26 Å². The SMILES string of the molecule is N#Cc1ccc(OC/C(F)=C\CN)cc1F. The minimum atomic E-state index is -0.691. The molecule has 16 heavy (non-hydrogen) atoms. The molecule has 0 aliphatic rings. The predicted molar refractivity (Wildman–Crippen MR) is 54.9 cm³/mol. The zero-order valence-electron chi connectivity index (χ0n) is 8.41. The Labute approximate surface area is 91.7 Å². The molecule has 5 heteroatoms. The number of hydrogen-bond acceptors (Lipinski definition) is 3. The fourth-order valence-electron chi connectivity index (χ4n) is 1.02. The van der Waals surface area contributed by atoms with Gasteiger partial charge in [0.25, 0.3) is 0 Å². The van der Waals surface area contributed by atoms with Crippen molar-refractivity contribution in [3.8, 4) is 11.8 Å². The van der Waals surface area contributed by atoms with Gasteiger partial charge in [0.05, 0.1) is 5.56 Å². The van der Waals surface area contributed by atoms with Crippen LogP contribution in [0.1, 0.15) is 5.56 Å². The largest absolute Gasteiger partial charge is 0.486 e. The average molecular weight is 224 g/mol. The molecule has 0 saturated carbocycles. The standard InChI is InChI=1S/C11H10F2N2O/c12-9(3-4-14)7-16-10-2-1-8(6-15)11(13)5-10/h1-3,5H,4,7,14H2/b9-3+. The van der Waals surface area contributed by atoms with E-state index in [4.69, 9.17) is 15.7 Å². The van der Waals surface area contributed by atoms with E-state index in [1.165, 1.54) is 18.2 Å². The van der Waals surface area contributed by atoms with Gasteiger partial charge in [-0.2, -0.15) is 5.26 Å². The van der Waals surface area contributed by atoms with Gasteiger partial charge in [-0.1, -0.05) is 0 Å². The number of halogens is 2. The summed E-state index contributed by atoms with van der Waals surface area (Å²) in [5, 5.41) is 8.48. The van der Waals surface area contributed by atoms with Crippen molar-refractivity contribution in [3.05, 3.63) is 41.5 Å². The van der Waals surface area contributed by atoms with Crippen LogP contribution in [0.15, 0.2) is 30.1 Å². The molecule has 0 aliphatic carbocycles. The van der Waals surface area contributed by atoms with Crippen molar-refractivity contribution < 1.29 is 13.5 Å². The van der Waals surface area contributed by atoms with Crippen LogP contribution in [0, 0.1) is 17.1 Å². The molecule has 0 bridgehead atoms. The van der Waals surface area contributed by atoms with Crippen LogP contribution < -0.4 is 10.5 Å². The maximum absolute atomic E-state index is 13.1. The van der Waals surface area contributed by atoms with E-state index < -0.39 is 11.6 Å². The van der Waals surface area contributed by atoms with Crippen molar-refractivity contribution in [2.45, 2.75) is 0 Å². The molecule has 0 heterocycles. The highest BCUT2D eigenvalue weighted by Gasteiger charge is 2.04. The minimum Gasteiger partial charge on any atom is -0.486 e. The fourth-order valence-corrected chi connectivity index (χ4v) is 1.02. The lowest BCUT2D eigenvalue weighted by Crippen LogP contribution is -2.02. The molecule has 0 amide bonds. The molecule has 1 aromatic carbocycles. The molecule has 0 radical (unpaired) electrons. The highest BCUT2D eigenvalue weighted by atomic mass is 19.1. The second-order valence-corrected chi connectivity index (χ2v) is 2.93. The third kappa shape index (κ3) is 3.33. The van der Waals surface area contributed by atoms with Crippen LogP contribution >= 0.6 is 0 Å². The van der Waals surface area contributed by atoms with Gasteiger partial charge in [-0.25, -0.2) is 8.78 Å². The second-order valence-electron chi connectivity index (χ2n) is 2.93. The van der Waals surface area contributed by atoms with Crippen LogP contribution in [0.2, 0.25) is 0 Å². The van der Waals surface area contributed by atoms with E-state index >= 15 is 0 Å². The lowest BCUT2D eigenvalue weighted by atomic mass is 10.2. The summed E-state index contributed by atoms with van der Waals surface area (Å²) in [5.74, 6) is -1.05. The Morgan fingerprint density at radius 1 is 1.56 bits per heavy atom. The summed E-state index contributed by atoms with van der Waals surface area (Å²) in [6.07, 6.45) is 1.17. The molecular formula is C11H10F2N2O. The summed E-state index contributed by atoms with van der Waals surface area (Å²) in [7, 11) is 0. The maximum Gasteiger partial charge on any atom is 0.144 e. The molecule has 0 unspecified atom stereocenters. The fraction of sp³-hybridized carbons (Fsp3) is 0.182. The third-order valence-corrected chi connectivity index (χ3v) is 1.78. The summed E-state index contributed by atoms with van der Waals surface area (Å²) in [4.78, 5) is 0. The monoisotopic (exact) mass is 224 g/mol. The molecule has 0 aliphatic heterocycles. The number of nitriles is 1. The van der Waals surface area contributed by atoms with Crippen molar-refractivity contribution in [2.24, 2.45) is 5.73 Å². The van der Waals surface area contributed by atoms with Gasteiger partial charge >= 0.3 is 0 Å². The normalized spacial score (nSPS) is 11.0. The van der Waals surface area contributed by atoms with E-state index in [-0.39, 0.29) is 24.5 Å². The first-order valence-corrected chi connectivity index (χ1v) is 4.54. The summed E-state index contributed by atoms with van der Waals surface area (Å²) >= 11 is 0. The van der Waals surface area contributed by atoms with Crippen molar-refractivity contribution in [3.63, 3.8) is 0 Å². The van der Waals surface area contributed by atoms with E-state index in [2.05, 4.69) is 0 Å². The van der Waals surface area contributed by atoms with Gasteiger partial charge < -0.3 is 10.5 Å². The highest BCUT2D eigenvalue weighted by molar-refractivity contribution is 5.36. The molecule has 0 spiro atoms. The lowest BCUT2D eigenvalue weighted by molar-refractivity contribution is 0.316. The summed E-state index contributed by atoms with van der Waals surface area (Å²) < 4.78 is 30.9. The zero-order chi connectivity index (χ0) is 12.0. The lowest BCUT2D eigenvalue weighted by Gasteiger charge is -2.04. The van der Waals surface area contributed by atoms with E-state index in [1.54, 1.807) is 6.07 Å². The van der Waals surface area contributed by atoms with Gasteiger partial charge in [0.15, 0.2) is 0 Å². The van der Waals surface area contributed by atoms with Gasteiger partial charge in [-0.3, -0.25) is 0 Å². The smallest absolute Gasteiger partial charge is 0.144 e. The van der Waals surface area contributed by atoms with Gasteiger partial charge in [0.1, 0.15) is 30.1 Å². The summed E-state index contributed by atoms with van der Waals surface area (Å²) in [5.41, 5.74) is 5.01. The number of nitrogens with two attached hydrogens (primary N) is 1. The molecular weight excluding hydrogens is 214 g/mol. The predicted octanol–water partition coefficient (Wildman–Crippen LogP) is 1.89. The van der Waals surface area contributed by atoms with Crippen molar-refractivity contribution in [1.82, 2.24) is 0 Å². The van der Waals surface area contributed by atoms with E-state index in [0.29, 0.717) is 0 Å². The number of benzene rings is 1. The average Bonchev–Trinajstić information content (AvgIpc) is 2.27. The Morgan fingerprint density at radius 2 is 2.31 bits per heavy atom. The van der Waals surface area contributed by atoms with Crippen molar-refractivity contribution in [2.75, 3.05) is 13.2 Å². The molecule has 84 valence electrons. The molecule has 1 rings (SSSR count). The van der Waals surface area contributed by atoms with E-state index in [9.17, 15) is 8.78 Å². The molecule has 2 N–H and O–H groups in total. The Hall–Kier alpha value is -1.93. The van der Waals surface area contributed by atoms with Crippen LogP contribution in [-0.4, -0.2) is 13.2 Å². The number of hydrogen-bond donors (Lipinski definition) is 1.